The van der Waals surface area contributed by atoms with Crippen molar-refractivity contribution < 1.29 is 14.3 Å². The Hall–Kier alpha value is -2.01. The second kappa shape index (κ2) is 6.85. The van der Waals surface area contributed by atoms with E-state index in [1.54, 1.807) is 11.3 Å². The second-order valence-electron chi connectivity index (χ2n) is 6.46. The summed E-state index contributed by atoms with van der Waals surface area (Å²) in [6.07, 6.45) is 5.15. The SMILES string of the molecule is O=C(Cc1ccsc1)N(Cc1ccc2c(c1)OCO2)C1CCCC1. The van der Waals surface area contributed by atoms with Crippen molar-refractivity contribution in [1.29, 1.82) is 0 Å². The maximum absolute atomic E-state index is 12.9. The molecule has 1 aromatic heterocycles. The number of thiophene rings is 1. The van der Waals surface area contributed by atoms with Gasteiger partial charge in [-0.3, -0.25) is 4.79 Å². The van der Waals surface area contributed by atoms with Crippen molar-refractivity contribution in [2.75, 3.05) is 6.79 Å². The normalized spacial score (nSPS) is 16.5. The van der Waals surface area contributed by atoms with Crippen LogP contribution in [0.3, 0.4) is 0 Å². The van der Waals surface area contributed by atoms with Crippen LogP contribution in [0.25, 0.3) is 0 Å². The van der Waals surface area contributed by atoms with Gasteiger partial charge >= 0.3 is 0 Å². The van der Waals surface area contributed by atoms with Gasteiger partial charge in [-0.15, -0.1) is 0 Å². The lowest BCUT2D eigenvalue weighted by Gasteiger charge is -2.29. The van der Waals surface area contributed by atoms with Crippen molar-refractivity contribution in [3.8, 4) is 11.5 Å². The molecule has 126 valence electrons. The van der Waals surface area contributed by atoms with E-state index in [-0.39, 0.29) is 12.7 Å². The molecule has 24 heavy (non-hydrogen) atoms. The molecule has 1 fully saturated rings. The van der Waals surface area contributed by atoms with Crippen LogP contribution < -0.4 is 9.47 Å². The van der Waals surface area contributed by atoms with Crippen molar-refractivity contribution in [2.24, 2.45) is 0 Å². The van der Waals surface area contributed by atoms with Crippen LogP contribution in [0.15, 0.2) is 35.0 Å². The van der Waals surface area contributed by atoms with Crippen LogP contribution in [-0.2, 0) is 17.8 Å². The van der Waals surface area contributed by atoms with E-state index in [2.05, 4.69) is 10.3 Å². The summed E-state index contributed by atoms with van der Waals surface area (Å²) in [4.78, 5) is 15.0. The summed E-state index contributed by atoms with van der Waals surface area (Å²) in [6.45, 7) is 0.923. The Bertz CT molecular complexity index is 707. The predicted molar refractivity (Wildman–Crippen MR) is 93.4 cm³/mol. The monoisotopic (exact) mass is 343 g/mol. The molecule has 0 N–H and O–H groups in total. The smallest absolute Gasteiger partial charge is 0.231 e. The summed E-state index contributed by atoms with van der Waals surface area (Å²) in [5.41, 5.74) is 2.21. The van der Waals surface area contributed by atoms with Gasteiger partial charge in [0.15, 0.2) is 11.5 Å². The van der Waals surface area contributed by atoms with Gasteiger partial charge in [0.1, 0.15) is 0 Å². The minimum absolute atomic E-state index is 0.220. The zero-order valence-corrected chi connectivity index (χ0v) is 14.4. The van der Waals surface area contributed by atoms with Gasteiger partial charge in [0, 0.05) is 12.6 Å². The highest BCUT2D eigenvalue weighted by Crippen LogP contribution is 2.34. The zero-order valence-electron chi connectivity index (χ0n) is 13.6. The first-order valence-corrected chi connectivity index (χ1v) is 9.43. The highest BCUT2D eigenvalue weighted by Gasteiger charge is 2.27. The minimum atomic E-state index is 0.220. The number of benzene rings is 1. The molecule has 0 unspecified atom stereocenters. The molecule has 0 atom stereocenters. The van der Waals surface area contributed by atoms with Gasteiger partial charge in [0.2, 0.25) is 12.7 Å². The Balaban J connectivity index is 1.52. The van der Waals surface area contributed by atoms with Gasteiger partial charge in [-0.05, 0) is 52.9 Å². The summed E-state index contributed by atoms with van der Waals surface area (Å²) in [6, 6.07) is 8.38. The third-order valence-corrected chi connectivity index (χ3v) is 5.54. The molecule has 1 aromatic carbocycles. The molecule has 0 bridgehead atoms. The minimum Gasteiger partial charge on any atom is -0.454 e. The quantitative estimate of drug-likeness (QED) is 0.824. The predicted octanol–water partition coefficient (Wildman–Crippen LogP) is 3.99. The van der Waals surface area contributed by atoms with E-state index in [0.717, 1.165) is 35.5 Å². The third kappa shape index (κ3) is 3.26. The molecule has 1 aliphatic carbocycles. The number of hydrogen-bond donors (Lipinski definition) is 0. The molecule has 0 spiro atoms. The van der Waals surface area contributed by atoms with Crippen LogP contribution in [0.4, 0.5) is 0 Å². The molecule has 5 heteroatoms. The molecule has 0 saturated heterocycles. The van der Waals surface area contributed by atoms with Crippen molar-refractivity contribution in [2.45, 2.75) is 44.7 Å². The summed E-state index contributed by atoms with van der Waals surface area (Å²) in [5.74, 6) is 1.79. The van der Waals surface area contributed by atoms with Crippen molar-refractivity contribution in [1.82, 2.24) is 4.90 Å². The van der Waals surface area contributed by atoms with Crippen LogP contribution in [0.1, 0.15) is 36.8 Å². The van der Waals surface area contributed by atoms with E-state index >= 15 is 0 Å². The zero-order chi connectivity index (χ0) is 16.4. The summed E-state index contributed by atoms with van der Waals surface area (Å²) < 4.78 is 10.8. The number of rotatable bonds is 5. The summed E-state index contributed by atoms with van der Waals surface area (Å²) in [5, 5.41) is 4.09. The lowest BCUT2D eigenvalue weighted by molar-refractivity contribution is -0.133. The standard InChI is InChI=1S/C19H21NO3S/c21-19(10-15-7-8-24-12-15)20(16-3-1-2-4-16)11-14-5-6-17-18(9-14)23-13-22-17/h5-9,12,16H,1-4,10-11,13H2. The topological polar surface area (TPSA) is 38.8 Å². The van der Waals surface area contributed by atoms with Gasteiger partial charge in [-0.25, -0.2) is 0 Å². The second-order valence-corrected chi connectivity index (χ2v) is 7.24. The molecule has 2 aromatic rings. The number of fused-ring (bicyclic) bond motifs is 1. The van der Waals surface area contributed by atoms with Crippen LogP contribution in [0, 0.1) is 0 Å². The molecule has 1 amide bonds. The van der Waals surface area contributed by atoms with E-state index in [4.69, 9.17) is 9.47 Å². The highest BCUT2D eigenvalue weighted by molar-refractivity contribution is 7.08. The molecule has 4 nitrogen and oxygen atoms in total. The number of hydrogen-bond acceptors (Lipinski definition) is 4. The first-order chi connectivity index (χ1) is 11.8. The molecular formula is C19H21NO3S. The van der Waals surface area contributed by atoms with Crippen LogP contribution in [0.2, 0.25) is 0 Å². The molecular weight excluding hydrogens is 322 g/mol. The van der Waals surface area contributed by atoms with Gasteiger partial charge in [0.05, 0.1) is 6.42 Å². The Morgan fingerprint density at radius 1 is 1.12 bits per heavy atom. The van der Waals surface area contributed by atoms with Crippen LogP contribution in [0.5, 0.6) is 11.5 Å². The number of carbonyl (C=O) groups is 1. The summed E-state index contributed by atoms with van der Waals surface area (Å²) >= 11 is 1.64. The van der Waals surface area contributed by atoms with E-state index in [1.807, 2.05) is 29.6 Å². The maximum atomic E-state index is 12.9. The van der Waals surface area contributed by atoms with Crippen molar-refractivity contribution in [3.63, 3.8) is 0 Å². The fourth-order valence-electron chi connectivity index (χ4n) is 3.54. The first-order valence-electron chi connectivity index (χ1n) is 8.49. The molecule has 0 radical (unpaired) electrons. The maximum Gasteiger partial charge on any atom is 0.231 e. The Morgan fingerprint density at radius 2 is 1.96 bits per heavy atom. The van der Waals surface area contributed by atoms with Gasteiger partial charge < -0.3 is 14.4 Å². The average molecular weight is 343 g/mol. The Labute approximate surface area is 146 Å². The summed E-state index contributed by atoms with van der Waals surface area (Å²) in [7, 11) is 0. The first kappa shape index (κ1) is 15.5. The lowest BCUT2D eigenvalue weighted by Crippen LogP contribution is -2.39. The van der Waals surface area contributed by atoms with E-state index in [9.17, 15) is 4.79 Å². The third-order valence-electron chi connectivity index (χ3n) is 4.81. The Kier molecular flexibility index (Phi) is 4.43. The van der Waals surface area contributed by atoms with Crippen LogP contribution in [-0.4, -0.2) is 23.6 Å². The van der Waals surface area contributed by atoms with Crippen molar-refractivity contribution >= 4 is 17.2 Å². The number of ether oxygens (including phenoxy) is 2. The molecule has 4 rings (SSSR count). The molecule has 2 aliphatic rings. The van der Waals surface area contributed by atoms with Gasteiger partial charge in [-0.2, -0.15) is 11.3 Å². The average Bonchev–Trinajstić information content (AvgIpc) is 3.33. The van der Waals surface area contributed by atoms with E-state index in [1.165, 1.54) is 12.8 Å². The number of carbonyl (C=O) groups excluding carboxylic acids is 1. The van der Waals surface area contributed by atoms with Gasteiger partial charge in [0.25, 0.3) is 0 Å². The Morgan fingerprint density at radius 3 is 2.75 bits per heavy atom. The van der Waals surface area contributed by atoms with E-state index < -0.39 is 0 Å². The number of amides is 1. The van der Waals surface area contributed by atoms with E-state index in [0.29, 0.717) is 19.0 Å². The lowest BCUT2D eigenvalue weighted by atomic mass is 10.1. The largest absolute Gasteiger partial charge is 0.454 e. The van der Waals surface area contributed by atoms with Crippen molar-refractivity contribution in [3.05, 3.63) is 46.2 Å². The molecule has 1 aliphatic heterocycles. The van der Waals surface area contributed by atoms with Gasteiger partial charge in [-0.1, -0.05) is 18.9 Å². The number of nitrogens with zero attached hydrogens (tertiary/aromatic N) is 1. The fourth-order valence-corrected chi connectivity index (χ4v) is 4.21. The molecule has 1 saturated carbocycles. The highest BCUT2D eigenvalue weighted by atomic mass is 32.1. The van der Waals surface area contributed by atoms with Crippen LogP contribution >= 0.6 is 11.3 Å². The molecule has 2 heterocycles. The fraction of sp³-hybridized carbons (Fsp3) is 0.421.